The van der Waals surface area contributed by atoms with Crippen LogP contribution >= 0.6 is 15.9 Å². The summed E-state index contributed by atoms with van der Waals surface area (Å²) in [7, 11) is 6.80. The Bertz CT molecular complexity index is 4660. The van der Waals surface area contributed by atoms with E-state index >= 15 is 0 Å². The molecule has 2 aliphatic heterocycles. The number of hydrazine groups is 1. The molecule has 4 heterocycles. The second-order valence-electron chi connectivity index (χ2n) is 23.6. The van der Waals surface area contributed by atoms with E-state index in [1.807, 2.05) is 39.8 Å². The maximum absolute atomic E-state index is 13.7. The van der Waals surface area contributed by atoms with Crippen LogP contribution in [0.2, 0.25) is 0 Å². The van der Waals surface area contributed by atoms with E-state index in [-0.39, 0.29) is 122 Å². The first kappa shape index (κ1) is 80.3. The standard InChI is InChI=1S/C37H32FN3O6.C29H30FN3O4.C10H8BrNO2.CH4.BH.H4N2.U/c1-21(2)20-40-34(42)24-11-14-30(46-17-16-41-36(44)26-6-4-5-7-27(26)37(41)45)28(19-24)23-10-15-31-29(18-23)32(35(43)39-3)33(47-31)22-8-12-25(38)13-9-22;1-17(2)16-33-28(34)20-7-10-24(36-13-12-31)22(15-20)19-6-11-25-23(14-19)26(29(35)32-3)27(37-25)18-4-8-21(30)9-5-18;11-5-6-12-9(13)7-3-1-2-4-8(7)10(12)14;;;1-2;/h4-15,18-19,21H,16-17,20H2,1-3H3,(H,39,43)(H,40,42);4-11,14-15,17H,12-13,16,31H2,1-3H3,(H,32,35)(H,33,34);1-4H,5-6H2;1H4;1H;1-2H2;/i;;;;1D;;. The van der Waals surface area contributed by atoms with Crippen molar-refractivity contribution in [3.8, 4) is 56.4 Å². The smallest absolute Gasteiger partial charge is 0.261 e. The molecule has 2 aromatic heterocycles. The van der Waals surface area contributed by atoms with Crippen molar-refractivity contribution in [2.75, 3.05) is 65.4 Å². The van der Waals surface area contributed by atoms with Gasteiger partial charge in [0.05, 0.1) is 39.9 Å². The Labute approximate surface area is 630 Å². The van der Waals surface area contributed by atoms with Crippen molar-refractivity contribution in [2.45, 2.75) is 35.1 Å². The molecule has 0 bridgehead atoms. The SMILES string of the molecule is C.CNC(=O)c1c(-c2ccc(F)cc2)oc2ccc(-c3cc(C(=O)NCC(C)C)ccc3OCCN)cc12.CNC(=O)c1c(-c2ccc(F)cc2)oc2ccc(-c3cc(C(=O)NCC(C)C)ccc3OCCN3C(=O)c4ccccc4C3=O)cc12.NN.O=C1c2ccccc2C(=O)N1CCBr.[2H][B].[U]. The minimum absolute atomic E-state index is 0. The molecule has 2 aliphatic rings. The van der Waals surface area contributed by atoms with Gasteiger partial charge in [0, 0.05) is 129 Å². The zero-order valence-corrected chi connectivity index (χ0v) is 62.5. The van der Waals surface area contributed by atoms with Gasteiger partial charge in [0.25, 0.3) is 47.3 Å². The third kappa shape index (κ3) is 18.8. The van der Waals surface area contributed by atoms with Crippen LogP contribution in [0.25, 0.3) is 66.8 Å². The first-order valence-corrected chi connectivity index (χ1v) is 33.1. The molecule has 21 nitrogen and oxygen atoms in total. The van der Waals surface area contributed by atoms with Crippen LogP contribution in [0, 0.1) is 54.6 Å². The number of nitrogens with two attached hydrogens (primary N) is 3. The molecule has 2 radical (unpaired) electrons. The number of furan rings is 2. The molecule has 0 spiro atoms. The normalized spacial score (nSPS) is 11.8. The number of carbonyl (C=O) groups excluding carboxylic acids is 8. The van der Waals surface area contributed by atoms with E-state index in [0.717, 1.165) is 10.5 Å². The van der Waals surface area contributed by atoms with Gasteiger partial charge in [-0.25, -0.2) is 8.78 Å². The van der Waals surface area contributed by atoms with E-state index in [2.05, 4.69) is 57.3 Å². The third-order valence-electron chi connectivity index (χ3n) is 16.0. The zero-order valence-electron chi connectivity index (χ0n) is 57.7. The molecule has 0 atom stereocenters. The average molecular weight is 1690 g/mol. The van der Waals surface area contributed by atoms with Gasteiger partial charge in [-0.05, 0) is 158 Å². The minimum Gasteiger partial charge on any atom is -0.492 e. The van der Waals surface area contributed by atoms with E-state index in [9.17, 15) is 47.1 Å². The van der Waals surface area contributed by atoms with Crippen molar-refractivity contribution >= 4 is 93.5 Å². The number of alkyl halides is 1. The molecule has 0 saturated heterocycles. The molecule has 0 fully saturated rings. The molecule has 26 heteroatoms. The maximum atomic E-state index is 13.7. The number of nitrogens with zero attached hydrogens (tertiary/aromatic N) is 2. The summed E-state index contributed by atoms with van der Waals surface area (Å²) in [4.78, 5) is 103. The molecule has 12 rings (SSSR count). The van der Waals surface area contributed by atoms with Gasteiger partial charge in [-0.3, -0.25) is 59.8 Å². The monoisotopic (exact) mass is 1690 g/mol. The van der Waals surface area contributed by atoms with E-state index in [4.69, 9.17) is 25.4 Å². The molecule has 0 saturated carbocycles. The van der Waals surface area contributed by atoms with Gasteiger partial charge in [-0.2, -0.15) is 0 Å². The van der Waals surface area contributed by atoms with Crippen molar-refractivity contribution in [3.05, 3.63) is 226 Å². The van der Waals surface area contributed by atoms with Gasteiger partial charge in [0.15, 0.2) is 0 Å². The van der Waals surface area contributed by atoms with Crippen molar-refractivity contribution in [2.24, 2.45) is 29.3 Å². The van der Waals surface area contributed by atoms with Crippen LogP contribution in [0.15, 0.2) is 179 Å². The van der Waals surface area contributed by atoms with Crippen molar-refractivity contribution < 1.29 is 96.6 Å². The number of amides is 8. The second-order valence-corrected chi connectivity index (χ2v) is 24.4. The van der Waals surface area contributed by atoms with Crippen LogP contribution in [-0.2, 0) is 0 Å². The summed E-state index contributed by atoms with van der Waals surface area (Å²) < 4.78 is 56.6. The van der Waals surface area contributed by atoms with Crippen LogP contribution < -0.4 is 48.2 Å². The molecule has 10 aromatic rings. The Morgan fingerprint density at radius 3 is 1.19 bits per heavy atom. The maximum Gasteiger partial charge on any atom is 0.261 e. The van der Waals surface area contributed by atoms with E-state index in [1.165, 1.54) is 43.3 Å². The molecule has 8 amide bonds. The number of hydrogen-bond donors (Lipinski definition) is 7. The Kier molecular flexibility index (Phi) is 29.4. The Morgan fingerprint density at radius 1 is 0.505 bits per heavy atom. The minimum atomic E-state index is -0.415. The van der Waals surface area contributed by atoms with Gasteiger partial charge in [-0.15, -0.1) is 0 Å². The summed E-state index contributed by atoms with van der Waals surface area (Å²) in [6, 6.07) is 46.0. The number of imide groups is 2. The summed E-state index contributed by atoms with van der Waals surface area (Å²) in [5.74, 6) is 7.07. The molecule has 0 unspecified atom stereocenters. The third-order valence-corrected chi connectivity index (χ3v) is 16.3. The summed E-state index contributed by atoms with van der Waals surface area (Å²) in [6.45, 7) is 10.2. The van der Waals surface area contributed by atoms with E-state index in [1.54, 1.807) is 133 Å². The average Bonchev–Trinajstić information content (AvgIpc) is 1.67. The molecular formula is C77H79BBrF2N9O12U. The predicted molar refractivity (Wildman–Crippen MR) is 395 cm³/mol. The van der Waals surface area contributed by atoms with Crippen LogP contribution in [0.1, 0.15) is 118 Å². The molecule has 532 valence electrons. The summed E-state index contributed by atoms with van der Waals surface area (Å²) in [5.41, 5.74) is 13.5. The van der Waals surface area contributed by atoms with Gasteiger partial charge in [-0.1, -0.05) is 87.4 Å². The first-order chi connectivity index (χ1) is 49.2. The van der Waals surface area contributed by atoms with E-state index in [0.29, 0.717) is 150 Å². The fourth-order valence-corrected chi connectivity index (χ4v) is 11.4. The molecule has 0 aliphatic carbocycles. The number of halogens is 3. The summed E-state index contributed by atoms with van der Waals surface area (Å²) in [6.07, 6.45) is 0. The van der Waals surface area contributed by atoms with Gasteiger partial charge in [0.2, 0.25) is 0 Å². The number of benzene rings is 8. The van der Waals surface area contributed by atoms with Gasteiger partial charge in [0.1, 0.15) is 59.0 Å². The number of nitrogens with one attached hydrogen (secondary N) is 4. The number of rotatable bonds is 21. The Morgan fingerprint density at radius 2 is 0.854 bits per heavy atom. The van der Waals surface area contributed by atoms with Crippen molar-refractivity contribution in [1.82, 2.24) is 31.1 Å². The van der Waals surface area contributed by atoms with Crippen molar-refractivity contribution in [1.29, 1.82) is 1.34 Å². The van der Waals surface area contributed by atoms with Crippen LogP contribution in [0.3, 0.4) is 0 Å². The molecule has 103 heavy (non-hydrogen) atoms. The summed E-state index contributed by atoms with van der Waals surface area (Å²) >= 11 is 3.21. The molecular weight excluding hydrogens is 1610 g/mol. The number of hydrogen-bond acceptors (Lipinski definition) is 15. The number of carbonyl (C=O) groups is 8. The van der Waals surface area contributed by atoms with E-state index < -0.39 is 5.82 Å². The fourth-order valence-electron chi connectivity index (χ4n) is 11.1. The number of fused-ring (bicyclic) bond motifs is 4. The van der Waals surface area contributed by atoms with Gasteiger partial charge >= 0.3 is 0 Å². The van der Waals surface area contributed by atoms with Crippen molar-refractivity contribution in [3.63, 3.8) is 0 Å². The fraction of sp³-hybridized carbons (Fsp3) is 0.221. The Balaban J connectivity index is 0.000000264. The molecule has 10 N–H and O–H groups in total. The van der Waals surface area contributed by atoms with Crippen LogP contribution in [0.5, 0.6) is 11.5 Å². The van der Waals surface area contributed by atoms with Gasteiger partial charge < -0.3 is 45.3 Å². The first-order valence-electron chi connectivity index (χ1n) is 32.5. The summed E-state index contributed by atoms with van der Waals surface area (Å²) in [5, 5.41) is 12.9. The molecule has 8 aromatic carbocycles. The predicted octanol–water partition coefficient (Wildman–Crippen LogP) is 11.8. The largest absolute Gasteiger partial charge is 0.492 e. The topological polar surface area (TPSA) is 314 Å². The zero-order chi connectivity index (χ0) is 73.9. The quantitative estimate of drug-likeness (QED) is 0.0116. The number of ether oxygens (including phenoxy) is 2. The Hall–Kier alpha value is -10.1. The van der Waals surface area contributed by atoms with Crippen LogP contribution in [0.4, 0.5) is 8.78 Å². The van der Waals surface area contributed by atoms with Crippen LogP contribution in [-0.4, -0.2) is 132 Å². The second kappa shape index (κ2) is 37.7.